The maximum atomic E-state index is 14.2. The molecule has 0 aliphatic carbocycles. The van der Waals surface area contributed by atoms with Gasteiger partial charge in [0.15, 0.2) is 6.29 Å². The van der Waals surface area contributed by atoms with E-state index in [-0.39, 0.29) is 17.9 Å². The third kappa shape index (κ3) is 5.57. The molecule has 0 radical (unpaired) electrons. The van der Waals surface area contributed by atoms with E-state index in [0.29, 0.717) is 10.5 Å². The van der Waals surface area contributed by atoms with Gasteiger partial charge in [-0.05, 0) is 18.2 Å². The number of methoxy groups -OCH3 is 1. The second kappa shape index (κ2) is 11.8. The summed E-state index contributed by atoms with van der Waals surface area (Å²) in [5.74, 6) is -1.81. The molecule has 2 aromatic heterocycles. The number of fused-ring (bicyclic) bond motifs is 1. The molecule has 6 unspecified atom stereocenters. The van der Waals surface area contributed by atoms with Crippen molar-refractivity contribution >= 4 is 23.4 Å². The minimum absolute atomic E-state index is 0.175. The highest BCUT2D eigenvalue weighted by Gasteiger charge is 2.52. The van der Waals surface area contributed by atoms with E-state index in [0.717, 1.165) is 17.7 Å². The van der Waals surface area contributed by atoms with E-state index >= 15 is 0 Å². The number of rotatable bonds is 6. The van der Waals surface area contributed by atoms with Crippen LogP contribution in [0.15, 0.2) is 72.0 Å². The number of aromatic nitrogens is 4. The molecule has 0 amide bonds. The van der Waals surface area contributed by atoms with Crippen LogP contribution in [0, 0.1) is 23.0 Å². The molecule has 0 saturated carbocycles. The molecule has 2 aliphatic heterocycles. The Morgan fingerprint density at radius 2 is 1.90 bits per heavy atom. The van der Waals surface area contributed by atoms with Crippen LogP contribution >= 0.6 is 23.4 Å². The fraction of sp³-hybridized carbons (Fsp3) is 0.286. The molecule has 2 aromatic carbocycles. The number of hydrogen-bond acceptors (Lipinski definition) is 9. The highest BCUT2D eigenvalue weighted by Crippen LogP contribution is 2.44. The van der Waals surface area contributed by atoms with Crippen molar-refractivity contribution in [1.29, 1.82) is 5.26 Å². The number of nitriles is 1. The van der Waals surface area contributed by atoms with Crippen molar-refractivity contribution in [3.05, 3.63) is 94.9 Å². The maximum Gasteiger partial charge on any atom is 0.184 e. The first-order valence-corrected chi connectivity index (χ1v) is 13.8. The quantitative estimate of drug-likeness (QED) is 0.273. The van der Waals surface area contributed by atoms with Gasteiger partial charge in [0.25, 0.3) is 0 Å². The van der Waals surface area contributed by atoms with Gasteiger partial charge in [0.2, 0.25) is 0 Å². The number of thioether (sulfide) groups is 1. The number of pyridine rings is 1. The number of nitrogens with zero attached hydrogens (tertiary/aromatic N) is 5. The van der Waals surface area contributed by atoms with Gasteiger partial charge >= 0.3 is 0 Å². The first-order valence-electron chi connectivity index (χ1n) is 12.5. The van der Waals surface area contributed by atoms with Gasteiger partial charge in [-0.2, -0.15) is 5.26 Å². The summed E-state index contributed by atoms with van der Waals surface area (Å²) in [6.07, 6.45) is 2.29. The van der Waals surface area contributed by atoms with Gasteiger partial charge in [-0.15, -0.1) is 5.10 Å². The van der Waals surface area contributed by atoms with Crippen LogP contribution in [0.25, 0.3) is 11.3 Å². The Kier molecular flexibility index (Phi) is 7.99. The van der Waals surface area contributed by atoms with E-state index in [9.17, 15) is 14.0 Å². The summed E-state index contributed by atoms with van der Waals surface area (Å²) in [5, 5.41) is 17.2. The van der Waals surface area contributed by atoms with Gasteiger partial charge in [-0.3, -0.25) is 4.98 Å². The molecule has 2 fully saturated rings. The highest BCUT2D eigenvalue weighted by atomic mass is 35.5. The fourth-order valence-corrected chi connectivity index (χ4v) is 6.23. The molecule has 6 atom stereocenters. The van der Waals surface area contributed by atoms with E-state index in [1.165, 1.54) is 18.0 Å². The molecule has 9 nitrogen and oxygen atoms in total. The number of ether oxygens (including phenoxy) is 4. The lowest BCUT2D eigenvalue weighted by atomic mass is 9.95. The lowest BCUT2D eigenvalue weighted by Gasteiger charge is -2.48. The predicted molar refractivity (Wildman–Crippen MR) is 144 cm³/mol. The summed E-state index contributed by atoms with van der Waals surface area (Å²) >= 11 is 7.01. The first kappa shape index (κ1) is 27.7. The largest absolute Gasteiger partial charge is 0.375 e. The minimum Gasteiger partial charge on any atom is -0.375 e. The van der Waals surface area contributed by atoms with Crippen LogP contribution in [0.5, 0.6) is 0 Å². The number of halogens is 3. The standard InChI is InChI=1S/C28H22ClF2N5O4S/c1-37-26-24(36-13-21(34-35-36)17-8-19(30)23(29)20(31)9-17)25-22(14-38-27(40-25)16-5-3-2-4-6-16)39-28(26)41-18-7-15(10-32)11-33-12-18/h2-9,11-13,22,24-28H,14H2,1H3. The van der Waals surface area contributed by atoms with Crippen molar-refractivity contribution in [2.45, 2.75) is 41.0 Å². The van der Waals surface area contributed by atoms with Crippen molar-refractivity contribution in [1.82, 2.24) is 20.0 Å². The maximum absolute atomic E-state index is 14.2. The van der Waals surface area contributed by atoms with E-state index in [2.05, 4.69) is 21.4 Å². The predicted octanol–water partition coefficient (Wildman–Crippen LogP) is 5.33. The highest BCUT2D eigenvalue weighted by molar-refractivity contribution is 7.99. The van der Waals surface area contributed by atoms with Crippen LogP contribution in [0.4, 0.5) is 8.78 Å². The van der Waals surface area contributed by atoms with E-state index in [1.807, 2.05) is 30.3 Å². The average Bonchev–Trinajstić information content (AvgIpc) is 3.49. The molecule has 2 saturated heterocycles. The van der Waals surface area contributed by atoms with Gasteiger partial charge in [0.1, 0.15) is 58.2 Å². The molecule has 4 aromatic rings. The first-order chi connectivity index (χ1) is 19.9. The third-order valence-electron chi connectivity index (χ3n) is 6.84. The van der Waals surface area contributed by atoms with Crippen LogP contribution in [-0.4, -0.2) is 57.4 Å². The summed E-state index contributed by atoms with van der Waals surface area (Å²) in [5.41, 5.74) is 1.07. The lowest BCUT2D eigenvalue weighted by molar-refractivity contribution is -0.308. The molecule has 4 heterocycles. The Morgan fingerprint density at radius 3 is 2.63 bits per heavy atom. The molecule has 0 N–H and O–H groups in total. The zero-order chi connectivity index (χ0) is 28.5. The Hall–Kier alpha value is -3.44. The zero-order valence-corrected chi connectivity index (χ0v) is 23.0. The average molecular weight is 598 g/mol. The van der Waals surface area contributed by atoms with Gasteiger partial charge < -0.3 is 18.9 Å². The van der Waals surface area contributed by atoms with Crippen molar-refractivity contribution in [3.63, 3.8) is 0 Å². The smallest absolute Gasteiger partial charge is 0.184 e. The molecular weight excluding hydrogens is 576 g/mol. The van der Waals surface area contributed by atoms with Crippen molar-refractivity contribution in [2.24, 2.45) is 0 Å². The van der Waals surface area contributed by atoms with Crippen LogP contribution in [0.3, 0.4) is 0 Å². The Balaban J connectivity index is 1.37. The molecule has 13 heteroatoms. The monoisotopic (exact) mass is 597 g/mol. The summed E-state index contributed by atoms with van der Waals surface area (Å²) in [4.78, 5) is 4.85. The van der Waals surface area contributed by atoms with Crippen molar-refractivity contribution < 1.29 is 27.7 Å². The van der Waals surface area contributed by atoms with Crippen LogP contribution in [0.2, 0.25) is 5.02 Å². The van der Waals surface area contributed by atoms with Crippen LogP contribution in [0.1, 0.15) is 23.5 Å². The van der Waals surface area contributed by atoms with Crippen molar-refractivity contribution in [3.8, 4) is 17.3 Å². The summed E-state index contributed by atoms with van der Waals surface area (Å²) in [7, 11) is 1.55. The fourth-order valence-electron chi connectivity index (χ4n) is 4.93. The van der Waals surface area contributed by atoms with Gasteiger partial charge in [-0.25, -0.2) is 13.5 Å². The zero-order valence-electron chi connectivity index (χ0n) is 21.4. The van der Waals surface area contributed by atoms with Crippen LogP contribution < -0.4 is 0 Å². The Labute approximate surface area is 242 Å². The van der Waals surface area contributed by atoms with E-state index in [1.54, 1.807) is 30.3 Å². The summed E-state index contributed by atoms with van der Waals surface area (Å²) in [6.45, 7) is 0.222. The number of benzene rings is 2. The third-order valence-corrected chi connectivity index (χ3v) is 8.31. The van der Waals surface area contributed by atoms with Gasteiger partial charge in [-0.1, -0.05) is 58.9 Å². The van der Waals surface area contributed by atoms with Gasteiger partial charge in [0.05, 0.1) is 18.4 Å². The number of hydrogen-bond donors (Lipinski definition) is 0. The van der Waals surface area contributed by atoms with E-state index < -0.39 is 52.7 Å². The van der Waals surface area contributed by atoms with Gasteiger partial charge in [0, 0.05) is 35.5 Å². The second-order valence-corrected chi connectivity index (χ2v) is 10.9. The molecule has 0 bridgehead atoms. The molecule has 41 heavy (non-hydrogen) atoms. The SMILES string of the molecule is COC1C(Sc2cncc(C#N)c2)OC2COC(c3ccccc3)OC2C1n1cc(-c2cc(F)c(Cl)c(F)c2)nn1. The van der Waals surface area contributed by atoms with Crippen LogP contribution in [-0.2, 0) is 18.9 Å². The summed E-state index contributed by atoms with van der Waals surface area (Å²) < 4.78 is 54.9. The summed E-state index contributed by atoms with van der Waals surface area (Å²) in [6, 6.07) is 14.9. The topological polar surface area (TPSA) is 104 Å². The normalized spacial score (nSPS) is 25.8. The Bertz CT molecular complexity index is 1570. The molecular formula is C28H22ClF2N5O4S. The van der Waals surface area contributed by atoms with Crippen molar-refractivity contribution in [2.75, 3.05) is 13.7 Å². The van der Waals surface area contributed by atoms with E-state index in [4.69, 9.17) is 30.5 Å². The minimum atomic E-state index is -0.903. The molecule has 210 valence electrons. The lowest BCUT2D eigenvalue weighted by Crippen LogP contribution is -2.59. The molecule has 0 spiro atoms. The molecule has 6 rings (SSSR count). The molecule has 2 aliphatic rings. The Morgan fingerprint density at radius 1 is 1.12 bits per heavy atom. The second-order valence-electron chi connectivity index (χ2n) is 9.39.